The maximum absolute atomic E-state index is 12.1. The van der Waals surface area contributed by atoms with Crippen LogP contribution in [0.1, 0.15) is 40.5 Å². The van der Waals surface area contributed by atoms with Gasteiger partial charge >= 0.3 is 5.97 Å². The lowest BCUT2D eigenvalue weighted by Crippen LogP contribution is -2.41. The van der Waals surface area contributed by atoms with Crippen LogP contribution < -0.4 is 5.32 Å². The fourth-order valence-corrected chi connectivity index (χ4v) is 2.36. The number of nitrogens with one attached hydrogen (secondary N) is 1. The van der Waals surface area contributed by atoms with Crippen molar-refractivity contribution in [3.05, 3.63) is 11.3 Å². The van der Waals surface area contributed by atoms with Crippen LogP contribution in [0.3, 0.4) is 0 Å². The molecule has 2 heterocycles. The van der Waals surface area contributed by atoms with Gasteiger partial charge in [0.15, 0.2) is 5.84 Å². The van der Waals surface area contributed by atoms with Crippen molar-refractivity contribution in [3.63, 3.8) is 0 Å². The molecule has 2 unspecified atom stereocenters. The van der Waals surface area contributed by atoms with Gasteiger partial charge in [-0.2, -0.15) is 0 Å². The summed E-state index contributed by atoms with van der Waals surface area (Å²) in [4.78, 5) is 32.3. The number of carbonyl (C=O) groups excluding carboxylic acids is 1. The largest absolute Gasteiger partial charge is 0.478 e. The molecule has 2 rings (SSSR count). The molecule has 0 radical (unpaired) electrons. The van der Waals surface area contributed by atoms with E-state index >= 15 is 0 Å². The number of amides is 1. The maximum atomic E-state index is 12.1. The van der Waals surface area contributed by atoms with E-state index in [-0.39, 0.29) is 34.8 Å². The van der Waals surface area contributed by atoms with E-state index in [0.717, 1.165) is 6.42 Å². The highest BCUT2D eigenvalue weighted by atomic mass is 16.4. The average Bonchev–Trinajstić information content (AvgIpc) is 2.75. The van der Waals surface area contributed by atoms with Gasteiger partial charge in [0, 0.05) is 6.21 Å². The molecule has 0 aromatic rings. The Morgan fingerprint density at radius 1 is 1.57 bits per heavy atom. The smallest absolute Gasteiger partial charge is 0.333 e. The molecule has 0 aromatic carbocycles. The van der Waals surface area contributed by atoms with Crippen molar-refractivity contribution in [2.75, 3.05) is 0 Å². The minimum absolute atomic E-state index is 0.0137. The Morgan fingerprint density at radius 3 is 2.71 bits per heavy atom. The van der Waals surface area contributed by atoms with Crippen LogP contribution >= 0.6 is 0 Å². The van der Waals surface area contributed by atoms with Crippen LogP contribution in [0.4, 0.5) is 0 Å². The number of amidine groups is 1. The summed E-state index contributed by atoms with van der Waals surface area (Å²) in [6.45, 7) is 7.57. The van der Waals surface area contributed by atoms with Gasteiger partial charge in [0.1, 0.15) is 11.2 Å². The molecule has 21 heavy (non-hydrogen) atoms. The third-order valence-electron chi connectivity index (χ3n) is 4.33. The van der Waals surface area contributed by atoms with E-state index in [0.29, 0.717) is 6.42 Å². The lowest BCUT2D eigenvalue weighted by atomic mass is 9.89. The van der Waals surface area contributed by atoms with Crippen molar-refractivity contribution >= 4 is 23.9 Å². The van der Waals surface area contributed by atoms with Crippen LogP contribution in [0.5, 0.6) is 0 Å². The second kappa shape index (κ2) is 5.42. The van der Waals surface area contributed by atoms with E-state index < -0.39 is 11.5 Å². The summed E-state index contributed by atoms with van der Waals surface area (Å²) in [5, 5.41) is 12.1. The van der Waals surface area contributed by atoms with Gasteiger partial charge in [0.05, 0.1) is 5.57 Å². The number of carbonyl (C=O) groups is 2. The Hall–Kier alpha value is -1.98. The summed E-state index contributed by atoms with van der Waals surface area (Å²) >= 11 is 0. The molecule has 0 aromatic heterocycles. The topological polar surface area (TPSA) is 91.1 Å². The van der Waals surface area contributed by atoms with Gasteiger partial charge in [-0.25, -0.2) is 9.79 Å². The van der Waals surface area contributed by atoms with Crippen LogP contribution in [0, 0.1) is 11.8 Å². The Bertz CT molecular complexity index is 575. The molecule has 1 amide bonds. The molecular formula is C15H21N3O3. The van der Waals surface area contributed by atoms with Crippen LogP contribution in [0.25, 0.3) is 0 Å². The predicted octanol–water partition coefficient (Wildman–Crippen LogP) is 1.77. The second-order valence-corrected chi connectivity index (χ2v) is 6.00. The summed E-state index contributed by atoms with van der Waals surface area (Å²) in [5.41, 5.74) is -0.371. The van der Waals surface area contributed by atoms with Crippen LogP contribution in [0.15, 0.2) is 21.3 Å². The zero-order valence-corrected chi connectivity index (χ0v) is 12.8. The average molecular weight is 291 g/mol. The molecule has 6 heteroatoms. The minimum atomic E-state index is -1.00. The normalized spacial score (nSPS) is 28.9. The second-order valence-electron chi connectivity index (χ2n) is 6.00. The fourth-order valence-electron chi connectivity index (χ4n) is 2.36. The Labute approximate surface area is 124 Å². The van der Waals surface area contributed by atoms with E-state index in [9.17, 15) is 14.7 Å². The van der Waals surface area contributed by atoms with Gasteiger partial charge in [0.25, 0.3) is 5.91 Å². The lowest BCUT2D eigenvalue weighted by Gasteiger charge is -2.21. The number of carboxylic acids is 1. The van der Waals surface area contributed by atoms with E-state index in [1.807, 2.05) is 20.8 Å². The van der Waals surface area contributed by atoms with Crippen molar-refractivity contribution in [3.8, 4) is 0 Å². The number of hydrogen-bond donors (Lipinski definition) is 2. The first-order valence-electron chi connectivity index (χ1n) is 7.21. The summed E-state index contributed by atoms with van der Waals surface area (Å²) < 4.78 is 0. The first-order chi connectivity index (χ1) is 9.79. The van der Waals surface area contributed by atoms with E-state index in [4.69, 9.17) is 0 Å². The van der Waals surface area contributed by atoms with Crippen molar-refractivity contribution in [2.45, 2.75) is 46.1 Å². The summed E-state index contributed by atoms with van der Waals surface area (Å²) in [5.74, 6) is -0.804. The van der Waals surface area contributed by atoms with Crippen molar-refractivity contribution in [1.29, 1.82) is 0 Å². The molecule has 0 bridgehead atoms. The number of nitrogens with zero attached hydrogens (tertiary/aromatic N) is 2. The Morgan fingerprint density at radius 2 is 2.24 bits per heavy atom. The molecular weight excluding hydrogens is 270 g/mol. The van der Waals surface area contributed by atoms with E-state index in [2.05, 4.69) is 15.3 Å². The molecule has 0 spiro atoms. The van der Waals surface area contributed by atoms with Crippen LogP contribution in [0.2, 0.25) is 0 Å². The molecule has 6 nitrogen and oxygen atoms in total. The van der Waals surface area contributed by atoms with Gasteiger partial charge in [-0.05, 0) is 31.6 Å². The highest BCUT2D eigenvalue weighted by molar-refractivity contribution is 6.17. The number of aliphatic carboxylic acids is 1. The molecule has 0 aliphatic carbocycles. The molecule has 2 atom stereocenters. The van der Waals surface area contributed by atoms with Gasteiger partial charge in [-0.1, -0.05) is 20.8 Å². The number of aliphatic imine (C=N–C) groups is 2. The highest BCUT2D eigenvalue weighted by Gasteiger charge is 2.43. The van der Waals surface area contributed by atoms with Crippen molar-refractivity contribution in [1.82, 2.24) is 5.32 Å². The zero-order valence-electron chi connectivity index (χ0n) is 12.8. The molecule has 0 saturated heterocycles. The highest BCUT2D eigenvalue weighted by Crippen LogP contribution is 2.30. The number of carboxylic acid groups (broad SMARTS) is 1. The van der Waals surface area contributed by atoms with E-state index in [1.165, 1.54) is 0 Å². The van der Waals surface area contributed by atoms with Crippen LogP contribution in [-0.2, 0) is 9.59 Å². The third-order valence-corrected chi connectivity index (χ3v) is 4.33. The van der Waals surface area contributed by atoms with Crippen LogP contribution in [-0.4, -0.2) is 34.6 Å². The molecule has 114 valence electrons. The molecule has 0 saturated carbocycles. The summed E-state index contributed by atoms with van der Waals surface area (Å²) in [6.07, 6.45) is 3.00. The molecule has 0 fully saturated rings. The molecule has 2 N–H and O–H groups in total. The summed E-state index contributed by atoms with van der Waals surface area (Å²) in [7, 11) is 0. The predicted molar refractivity (Wildman–Crippen MR) is 80.4 cm³/mol. The first-order valence-corrected chi connectivity index (χ1v) is 7.21. The Kier molecular flexibility index (Phi) is 3.98. The summed E-state index contributed by atoms with van der Waals surface area (Å²) in [6, 6.07) is 0. The SMILES string of the molecule is CCC1C=NC(C2=NC(C)(C(C)C)C(=O)N2)=C(C(=O)O)C1. The van der Waals surface area contributed by atoms with Crippen molar-refractivity contribution in [2.24, 2.45) is 21.8 Å². The van der Waals surface area contributed by atoms with Gasteiger partial charge in [0.2, 0.25) is 0 Å². The molecule has 2 aliphatic heterocycles. The maximum Gasteiger partial charge on any atom is 0.333 e. The van der Waals surface area contributed by atoms with Crippen molar-refractivity contribution < 1.29 is 14.7 Å². The monoisotopic (exact) mass is 291 g/mol. The zero-order chi connectivity index (χ0) is 15.8. The lowest BCUT2D eigenvalue weighted by molar-refractivity contribution is -0.133. The number of rotatable bonds is 4. The quantitative estimate of drug-likeness (QED) is 0.827. The van der Waals surface area contributed by atoms with Gasteiger partial charge in [-0.15, -0.1) is 0 Å². The fraction of sp³-hybridized carbons (Fsp3) is 0.600. The molecule has 2 aliphatic rings. The van der Waals surface area contributed by atoms with E-state index in [1.54, 1.807) is 13.1 Å². The first kappa shape index (κ1) is 15.4. The third kappa shape index (κ3) is 2.62. The van der Waals surface area contributed by atoms with Gasteiger partial charge < -0.3 is 10.4 Å². The van der Waals surface area contributed by atoms with Gasteiger partial charge in [-0.3, -0.25) is 9.79 Å². The standard InChI is InChI=1S/C15H21N3O3/c1-5-9-6-10(13(19)20)11(16-7-9)12-17-14(21)15(4,18-12)8(2)3/h7-9H,5-6H2,1-4H3,(H,19,20)(H,17,18,21). The Balaban J connectivity index is 2.43. The minimum Gasteiger partial charge on any atom is -0.478 e. The number of hydrogen-bond acceptors (Lipinski definition) is 4.